The second kappa shape index (κ2) is 5.29. The molecule has 0 aliphatic carbocycles. The smallest absolute Gasteiger partial charge is 0.259 e. The van der Waals surface area contributed by atoms with Crippen LogP contribution < -0.4 is 5.32 Å². The third-order valence-electron chi connectivity index (χ3n) is 2.06. The molecule has 0 fully saturated rings. The van der Waals surface area contributed by atoms with Gasteiger partial charge in [-0.15, -0.1) is 0 Å². The van der Waals surface area contributed by atoms with Gasteiger partial charge in [-0.1, -0.05) is 29.3 Å². The molecule has 0 radical (unpaired) electrons. The second-order valence-electron chi connectivity index (χ2n) is 3.28. The van der Waals surface area contributed by atoms with Gasteiger partial charge in [0.25, 0.3) is 5.91 Å². The number of rotatable bonds is 2. The third-order valence-corrected chi connectivity index (χ3v) is 2.55. The molecule has 0 aliphatic heterocycles. The van der Waals surface area contributed by atoms with Gasteiger partial charge in [0.1, 0.15) is 5.15 Å². The number of benzene rings is 1. The van der Waals surface area contributed by atoms with Crippen LogP contribution in [0.3, 0.4) is 0 Å². The van der Waals surface area contributed by atoms with Gasteiger partial charge in [0.2, 0.25) is 0 Å². The van der Waals surface area contributed by atoms with Crippen LogP contribution in [-0.4, -0.2) is 15.9 Å². The molecule has 0 atom stereocenters. The summed E-state index contributed by atoms with van der Waals surface area (Å²) in [6, 6.07) is 4.16. The van der Waals surface area contributed by atoms with Gasteiger partial charge >= 0.3 is 0 Å². The number of aromatic nitrogens is 2. The van der Waals surface area contributed by atoms with Gasteiger partial charge in [0.05, 0.1) is 23.0 Å². The van der Waals surface area contributed by atoms with Gasteiger partial charge in [0, 0.05) is 0 Å². The maximum Gasteiger partial charge on any atom is 0.259 e. The lowest BCUT2D eigenvalue weighted by atomic mass is 10.2. The van der Waals surface area contributed by atoms with Crippen molar-refractivity contribution < 1.29 is 9.18 Å². The summed E-state index contributed by atoms with van der Waals surface area (Å²) in [7, 11) is 0. The van der Waals surface area contributed by atoms with Gasteiger partial charge in [0.15, 0.2) is 11.6 Å². The van der Waals surface area contributed by atoms with E-state index in [2.05, 4.69) is 15.3 Å². The van der Waals surface area contributed by atoms with Crippen molar-refractivity contribution in [1.29, 1.82) is 0 Å². The summed E-state index contributed by atoms with van der Waals surface area (Å²) in [5.41, 5.74) is -0.167. The normalized spacial score (nSPS) is 10.2. The second-order valence-corrected chi connectivity index (χ2v) is 4.07. The van der Waals surface area contributed by atoms with E-state index in [-0.39, 0.29) is 21.6 Å². The fraction of sp³-hybridized carbons (Fsp3) is 0. The Balaban J connectivity index is 2.22. The van der Waals surface area contributed by atoms with E-state index in [4.69, 9.17) is 23.2 Å². The van der Waals surface area contributed by atoms with Crippen LogP contribution >= 0.6 is 23.2 Å². The predicted molar refractivity (Wildman–Crippen MR) is 66.4 cm³/mol. The minimum Gasteiger partial charge on any atom is -0.305 e. The fourth-order valence-corrected chi connectivity index (χ4v) is 1.51. The molecule has 1 aromatic heterocycles. The number of nitrogens with one attached hydrogen (secondary N) is 1. The lowest BCUT2D eigenvalue weighted by molar-refractivity contribution is 0.102. The maximum absolute atomic E-state index is 13.6. The molecule has 0 saturated carbocycles. The summed E-state index contributed by atoms with van der Waals surface area (Å²) in [6.07, 6.45) is 2.54. The molecular formula is C11H6Cl2FN3O. The quantitative estimate of drug-likeness (QED) is 0.922. The van der Waals surface area contributed by atoms with Crippen LogP contribution in [-0.2, 0) is 0 Å². The van der Waals surface area contributed by atoms with Crippen molar-refractivity contribution in [2.24, 2.45) is 0 Å². The van der Waals surface area contributed by atoms with Crippen LogP contribution in [0.4, 0.5) is 10.2 Å². The standard InChI is InChI=1S/C11H6Cl2FN3O/c12-7-3-1-2-6(10(7)14)11(18)17-9-5-15-8(13)4-16-9/h1-5H,(H,16,17,18). The monoisotopic (exact) mass is 285 g/mol. The van der Waals surface area contributed by atoms with Crippen LogP contribution in [0.15, 0.2) is 30.6 Å². The van der Waals surface area contributed by atoms with Crippen molar-refractivity contribution in [2.45, 2.75) is 0 Å². The Labute approximate surface area is 112 Å². The van der Waals surface area contributed by atoms with Crippen molar-refractivity contribution in [1.82, 2.24) is 9.97 Å². The van der Waals surface area contributed by atoms with E-state index in [0.29, 0.717) is 0 Å². The van der Waals surface area contributed by atoms with E-state index in [1.807, 2.05) is 0 Å². The van der Waals surface area contributed by atoms with Crippen LogP contribution in [0, 0.1) is 5.82 Å². The Morgan fingerprint density at radius 2 is 2.00 bits per heavy atom. The van der Waals surface area contributed by atoms with Crippen LogP contribution in [0.25, 0.3) is 0 Å². The topological polar surface area (TPSA) is 54.9 Å². The molecule has 1 N–H and O–H groups in total. The molecule has 2 rings (SSSR count). The van der Waals surface area contributed by atoms with Crippen molar-refractivity contribution in [3.63, 3.8) is 0 Å². The van der Waals surface area contributed by atoms with Gasteiger partial charge < -0.3 is 5.32 Å². The highest BCUT2D eigenvalue weighted by atomic mass is 35.5. The van der Waals surface area contributed by atoms with Gasteiger partial charge in [-0.2, -0.15) is 0 Å². The summed E-state index contributed by atoms with van der Waals surface area (Å²) >= 11 is 11.1. The molecule has 18 heavy (non-hydrogen) atoms. The maximum atomic E-state index is 13.6. The Hall–Kier alpha value is -1.72. The third kappa shape index (κ3) is 2.75. The number of halogens is 3. The van der Waals surface area contributed by atoms with Gasteiger partial charge in [-0.05, 0) is 12.1 Å². The highest BCUT2D eigenvalue weighted by Crippen LogP contribution is 2.18. The fourth-order valence-electron chi connectivity index (χ4n) is 1.24. The number of amides is 1. The van der Waals surface area contributed by atoms with Crippen LogP contribution in [0.1, 0.15) is 10.4 Å². The molecule has 0 aliphatic rings. The molecule has 7 heteroatoms. The summed E-state index contributed by atoms with van der Waals surface area (Å²) in [6.45, 7) is 0. The lowest BCUT2D eigenvalue weighted by Gasteiger charge is -2.05. The van der Waals surface area contributed by atoms with E-state index >= 15 is 0 Å². The SMILES string of the molecule is O=C(Nc1cnc(Cl)cn1)c1cccc(Cl)c1F. The van der Waals surface area contributed by atoms with E-state index in [0.717, 1.165) is 0 Å². The largest absolute Gasteiger partial charge is 0.305 e. The highest BCUT2D eigenvalue weighted by molar-refractivity contribution is 6.31. The average molecular weight is 286 g/mol. The molecule has 1 heterocycles. The number of nitrogens with zero attached hydrogens (tertiary/aromatic N) is 2. The zero-order valence-corrected chi connectivity index (χ0v) is 10.3. The Morgan fingerprint density at radius 1 is 1.22 bits per heavy atom. The number of hydrogen-bond acceptors (Lipinski definition) is 3. The molecule has 92 valence electrons. The molecule has 2 aromatic rings. The number of hydrogen-bond donors (Lipinski definition) is 1. The van der Waals surface area contributed by atoms with Crippen molar-refractivity contribution in [2.75, 3.05) is 5.32 Å². The summed E-state index contributed by atoms with van der Waals surface area (Å²) < 4.78 is 13.6. The van der Waals surface area contributed by atoms with Crippen LogP contribution in [0.5, 0.6) is 0 Å². The molecule has 1 amide bonds. The van der Waals surface area contributed by atoms with Gasteiger partial charge in [-0.25, -0.2) is 14.4 Å². The zero-order chi connectivity index (χ0) is 13.1. The summed E-state index contributed by atoms with van der Waals surface area (Å²) in [4.78, 5) is 19.3. The highest BCUT2D eigenvalue weighted by Gasteiger charge is 2.14. The molecule has 0 unspecified atom stereocenters. The summed E-state index contributed by atoms with van der Waals surface area (Å²) in [5, 5.41) is 2.46. The van der Waals surface area contributed by atoms with E-state index in [1.165, 1.54) is 30.6 Å². The Kier molecular flexibility index (Phi) is 3.74. The van der Waals surface area contributed by atoms with E-state index < -0.39 is 11.7 Å². The molecule has 1 aromatic carbocycles. The van der Waals surface area contributed by atoms with Crippen molar-refractivity contribution in [3.8, 4) is 0 Å². The van der Waals surface area contributed by atoms with Crippen molar-refractivity contribution in [3.05, 3.63) is 52.1 Å². The minimum absolute atomic E-state index is 0.121. The van der Waals surface area contributed by atoms with E-state index in [9.17, 15) is 9.18 Å². The number of carbonyl (C=O) groups excluding carboxylic acids is 1. The van der Waals surface area contributed by atoms with Gasteiger partial charge in [-0.3, -0.25) is 4.79 Å². The zero-order valence-electron chi connectivity index (χ0n) is 8.82. The molecule has 0 saturated heterocycles. The van der Waals surface area contributed by atoms with Crippen molar-refractivity contribution >= 4 is 34.9 Å². The Morgan fingerprint density at radius 3 is 2.67 bits per heavy atom. The van der Waals surface area contributed by atoms with E-state index in [1.54, 1.807) is 0 Å². The first-order chi connectivity index (χ1) is 8.58. The average Bonchev–Trinajstić information content (AvgIpc) is 2.35. The first-order valence-electron chi connectivity index (χ1n) is 4.81. The molecule has 4 nitrogen and oxygen atoms in total. The molecule has 0 bridgehead atoms. The Bertz CT molecular complexity index is 589. The molecular weight excluding hydrogens is 280 g/mol. The number of anilines is 1. The first kappa shape index (κ1) is 12.7. The summed E-state index contributed by atoms with van der Waals surface area (Å²) in [5.74, 6) is -1.27. The first-order valence-corrected chi connectivity index (χ1v) is 5.56. The lowest BCUT2D eigenvalue weighted by Crippen LogP contribution is -2.15. The number of carbonyl (C=O) groups is 1. The minimum atomic E-state index is -0.779. The predicted octanol–water partition coefficient (Wildman–Crippen LogP) is 3.17. The molecule has 0 spiro atoms. The van der Waals surface area contributed by atoms with Crippen LogP contribution in [0.2, 0.25) is 10.2 Å².